The number of aromatic nitrogens is 2. The van der Waals surface area contributed by atoms with Gasteiger partial charge in [0.15, 0.2) is 5.78 Å². The Balaban J connectivity index is 1.61. The van der Waals surface area contributed by atoms with Crippen LogP contribution in [0.25, 0.3) is 0 Å². The number of anilines is 1. The molecule has 0 atom stereocenters. The first-order chi connectivity index (χ1) is 15.3. The van der Waals surface area contributed by atoms with Crippen molar-refractivity contribution in [2.45, 2.75) is 33.4 Å². The number of piperazine rings is 1. The van der Waals surface area contributed by atoms with Crippen LogP contribution < -0.4 is 21.7 Å². The summed E-state index contributed by atoms with van der Waals surface area (Å²) in [4.78, 5) is 42.2. The fraction of sp³-hybridized carbons (Fsp3) is 0.522. The Morgan fingerprint density at radius 2 is 1.66 bits per heavy atom. The number of Topliss-reactive ketones (excluding diaryl/α,β-unsaturated/α-hetero) is 1. The number of hydrogen-bond acceptors (Lipinski definition) is 7. The lowest BCUT2D eigenvalue weighted by Crippen LogP contribution is -2.49. The van der Waals surface area contributed by atoms with E-state index in [9.17, 15) is 14.4 Å². The van der Waals surface area contributed by atoms with Gasteiger partial charge < -0.3 is 10.5 Å². The molecule has 0 saturated carbocycles. The number of hydrogen-bond donors (Lipinski definition) is 1. The molecule has 1 aromatic carbocycles. The Bertz CT molecular complexity index is 1050. The summed E-state index contributed by atoms with van der Waals surface area (Å²) in [5.41, 5.74) is 6.09. The Kier molecular flexibility index (Phi) is 7.87. The molecule has 1 saturated heterocycles. The molecule has 1 aromatic heterocycles. The number of nitrogens with two attached hydrogens (primary N) is 1. The van der Waals surface area contributed by atoms with E-state index in [0.29, 0.717) is 19.6 Å². The van der Waals surface area contributed by atoms with Crippen molar-refractivity contribution in [3.63, 3.8) is 0 Å². The molecule has 0 bridgehead atoms. The lowest BCUT2D eigenvalue weighted by atomic mass is 10.1. The van der Waals surface area contributed by atoms with Crippen molar-refractivity contribution in [2.75, 3.05) is 45.1 Å². The number of rotatable bonds is 9. The lowest BCUT2D eigenvalue weighted by Gasteiger charge is -2.34. The molecule has 0 aliphatic carbocycles. The van der Waals surface area contributed by atoms with Crippen molar-refractivity contribution in [1.29, 1.82) is 0 Å². The Morgan fingerprint density at radius 3 is 2.25 bits per heavy atom. The summed E-state index contributed by atoms with van der Waals surface area (Å²) in [5.74, 6) is 0.502. The second-order valence-corrected chi connectivity index (χ2v) is 8.11. The largest absolute Gasteiger partial charge is 0.494 e. The van der Waals surface area contributed by atoms with Gasteiger partial charge in [-0.05, 0) is 31.0 Å². The Labute approximate surface area is 188 Å². The molecule has 1 fully saturated rings. The molecule has 9 nitrogen and oxygen atoms in total. The molecule has 1 aliphatic rings. The molecule has 2 N–H and O–H groups in total. The zero-order chi connectivity index (χ0) is 23.3. The highest BCUT2D eigenvalue weighted by atomic mass is 16.5. The highest BCUT2D eigenvalue weighted by Gasteiger charge is 2.25. The fourth-order valence-corrected chi connectivity index (χ4v) is 3.99. The van der Waals surface area contributed by atoms with Crippen molar-refractivity contribution in [3.8, 4) is 5.75 Å². The average molecular weight is 444 g/mol. The van der Waals surface area contributed by atoms with Gasteiger partial charge in [-0.1, -0.05) is 19.1 Å². The molecule has 9 heteroatoms. The third-order valence-electron chi connectivity index (χ3n) is 5.78. The number of benzene rings is 1. The zero-order valence-corrected chi connectivity index (χ0v) is 19.2. The van der Waals surface area contributed by atoms with Crippen LogP contribution in [0.1, 0.15) is 36.2 Å². The third kappa shape index (κ3) is 5.28. The molecule has 174 valence electrons. The summed E-state index contributed by atoms with van der Waals surface area (Å²) in [6, 6.07) is 8.11. The van der Waals surface area contributed by atoms with Crippen LogP contribution in [0, 0.1) is 0 Å². The van der Waals surface area contributed by atoms with Crippen LogP contribution in [0.2, 0.25) is 0 Å². The number of ether oxygens (including phenoxy) is 1. The van der Waals surface area contributed by atoms with Gasteiger partial charge in [0.05, 0.1) is 13.2 Å². The van der Waals surface area contributed by atoms with Gasteiger partial charge in [-0.15, -0.1) is 0 Å². The van der Waals surface area contributed by atoms with Gasteiger partial charge in [0.2, 0.25) is 0 Å². The van der Waals surface area contributed by atoms with Crippen molar-refractivity contribution in [3.05, 3.63) is 56.2 Å². The first-order valence-corrected chi connectivity index (χ1v) is 11.1. The van der Waals surface area contributed by atoms with E-state index in [2.05, 4.69) is 17.0 Å². The number of nitrogen functional groups attached to an aromatic ring is 1. The Morgan fingerprint density at radius 1 is 1.03 bits per heavy atom. The highest BCUT2D eigenvalue weighted by molar-refractivity contribution is 6.01. The van der Waals surface area contributed by atoms with Crippen LogP contribution in [-0.4, -0.2) is 64.0 Å². The molecule has 0 spiro atoms. The monoisotopic (exact) mass is 443 g/mol. The summed E-state index contributed by atoms with van der Waals surface area (Å²) in [6.07, 6.45) is 0.673. The van der Waals surface area contributed by atoms with Gasteiger partial charge in [0, 0.05) is 46.3 Å². The maximum atomic E-state index is 13.0. The minimum absolute atomic E-state index is 0.0286. The molecule has 0 amide bonds. The smallest absolute Gasteiger partial charge is 0.332 e. The molecular formula is C23H33N5O4. The predicted molar refractivity (Wildman–Crippen MR) is 124 cm³/mol. The van der Waals surface area contributed by atoms with Crippen molar-refractivity contribution < 1.29 is 9.53 Å². The summed E-state index contributed by atoms with van der Waals surface area (Å²) in [5, 5.41) is 0. The van der Waals surface area contributed by atoms with Crippen LogP contribution in [0.3, 0.4) is 0 Å². The van der Waals surface area contributed by atoms with E-state index in [1.54, 1.807) is 0 Å². The summed E-state index contributed by atoms with van der Waals surface area (Å²) >= 11 is 0. The maximum Gasteiger partial charge on any atom is 0.332 e. The van der Waals surface area contributed by atoms with Crippen LogP contribution >= 0.6 is 0 Å². The minimum atomic E-state index is -0.626. The SMILES string of the molecule is CCCn1c(N)c(C(=O)CN2CCN(Cc3ccc(OCC)cc3)CC2)c(=O)n(C)c1=O. The summed E-state index contributed by atoms with van der Waals surface area (Å²) < 4.78 is 7.76. The van der Waals surface area contributed by atoms with E-state index in [0.717, 1.165) is 43.0 Å². The summed E-state index contributed by atoms with van der Waals surface area (Å²) in [6.45, 7) is 8.92. The van der Waals surface area contributed by atoms with Crippen LogP contribution in [-0.2, 0) is 20.1 Å². The topological polar surface area (TPSA) is 103 Å². The molecule has 3 rings (SSSR count). The zero-order valence-electron chi connectivity index (χ0n) is 19.2. The van der Waals surface area contributed by atoms with Crippen molar-refractivity contribution in [1.82, 2.24) is 18.9 Å². The number of nitrogens with zero attached hydrogens (tertiary/aromatic N) is 4. The molecular weight excluding hydrogens is 410 g/mol. The van der Waals surface area contributed by atoms with E-state index in [1.807, 2.05) is 30.9 Å². The van der Waals surface area contributed by atoms with Gasteiger partial charge in [-0.2, -0.15) is 0 Å². The van der Waals surface area contributed by atoms with E-state index in [-0.39, 0.29) is 23.7 Å². The third-order valence-corrected chi connectivity index (χ3v) is 5.78. The first kappa shape index (κ1) is 23.7. The van der Waals surface area contributed by atoms with Gasteiger partial charge in [-0.3, -0.25) is 28.5 Å². The molecule has 0 unspecified atom stereocenters. The van der Waals surface area contributed by atoms with Gasteiger partial charge in [0.1, 0.15) is 17.1 Å². The maximum absolute atomic E-state index is 13.0. The standard InChI is InChI=1S/C23H33N5O4/c1-4-10-28-21(24)20(22(30)25(3)23(28)31)19(29)16-27-13-11-26(12-14-27)15-17-6-8-18(9-7-17)32-5-2/h6-9H,4-5,10-16,24H2,1-3H3. The number of ketones is 1. The van der Waals surface area contributed by atoms with Gasteiger partial charge >= 0.3 is 5.69 Å². The quantitative estimate of drug-likeness (QED) is 0.575. The highest BCUT2D eigenvalue weighted by Crippen LogP contribution is 2.15. The second kappa shape index (κ2) is 10.6. The molecule has 1 aliphatic heterocycles. The number of carbonyl (C=O) groups is 1. The van der Waals surface area contributed by atoms with Crippen LogP contribution in [0.4, 0.5) is 5.82 Å². The molecule has 2 heterocycles. The molecule has 0 radical (unpaired) electrons. The predicted octanol–water partition coefficient (Wildman–Crippen LogP) is 0.938. The number of carbonyl (C=O) groups excluding carboxylic acids is 1. The van der Waals surface area contributed by atoms with Crippen molar-refractivity contribution >= 4 is 11.6 Å². The normalized spacial score (nSPS) is 15.1. The van der Waals surface area contributed by atoms with Crippen LogP contribution in [0.15, 0.2) is 33.9 Å². The second-order valence-electron chi connectivity index (χ2n) is 8.11. The van der Waals surface area contributed by atoms with E-state index >= 15 is 0 Å². The lowest BCUT2D eigenvalue weighted by molar-refractivity contribution is 0.0842. The van der Waals surface area contributed by atoms with E-state index in [4.69, 9.17) is 10.5 Å². The minimum Gasteiger partial charge on any atom is -0.494 e. The van der Waals surface area contributed by atoms with E-state index < -0.39 is 11.2 Å². The first-order valence-electron chi connectivity index (χ1n) is 11.1. The van der Waals surface area contributed by atoms with E-state index in [1.165, 1.54) is 17.2 Å². The molecule has 2 aromatic rings. The van der Waals surface area contributed by atoms with Crippen molar-refractivity contribution in [2.24, 2.45) is 7.05 Å². The van der Waals surface area contributed by atoms with Crippen LogP contribution in [0.5, 0.6) is 5.75 Å². The fourth-order valence-electron chi connectivity index (χ4n) is 3.99. The van der Waals surface area contributed by atoms with Gasteiger partial charge in [0.25, 0.3) is 5.56 Å². The average Bonchev–Trinajstić information content (AvgIpc) is 2.78. The summed E-state index contributed by atoms with van der Waals surface area (Å²) in [7, 11) is 1.38. The molecule has 32 heavy (non-hydrogen) atoms. The van der Waals surface area contributed by atoms with Gasteiger partial charge in [-0.25, -0.2) is 4.79 Å². The Hall–Kier alpha value is -2.91.